The van der Waals surface area contributed by atoms with Crippen LogP contribution in [0.15, 0.2) is 18.2 Å². The van der Waals surface area contributed by atoms with Gasteiger partial charge in [0.15, 0.2) is 5.78 Å². The molecule has 0 atom stereocenters. The van der Waals surface area contributed by atoms with Crippen LogP contribution in [0.2, 0.25) is 0 Å². The molecule has 5 heteroatoms. The zero-order valence-electron chi connectivity index (χ0n) is 7.78. The lowest BCUT2D eigenvalue weighted by molar-refractivity contribution is 0.0697. The molecule has 1 aromatic rings. The van der Waals surface area contributed by atoms with Crippen molar-refractivity contribution in [1.82, 2.24) is 0 Å². The summed E-state index contributed by atoms with van der Waals surface area (Å²) in [5, 5.41) is 8.77. The van der Waals surface area contributed by atoms with E-state index in [1.165, 1.54) is 25.1 Å². The predicted octanol–water partition coefficient (Wildman–Crippen LogP) is 2.16. The highest BCUT2D eigenvalue weighted by Crippen LogP contribution is 2.14. The first kappa shape index (κ1) is 11.8. The molecule has 15 heavy (non-hydrogen) atoms. The second kappa shape index (κ2) is 4.52. The summed E-state index contributed by atoms with van der Waals surface area (Å²) in [6, 6.07) is 3.90. The Morgan fingerprint density at radius 2 is 1.53 bits per heavy atom. The molecule has 0 aliphatic heterocycles. The lowest BCUT2D eigenvalue weighted by atomic mass is 10.0. The first-order chi connectivity index (χ1) is 6.91. The molecule has 0 fully saturated rings. The van der Waals surface area contributed by atoms with Crippen molar-refractivity contribution in [2.24, 2.45) is 0 Å². The largest absolute Gasteiger partial charge is 0.478 e. The van der Waals surface area contributed by atoms with E-state index < -0.39 is 5.97 Å². The minimum absolute atomic E-state index is 0.0530. The molecule has 0 bridgehead atoms. The van der Waals surface area contributed by atoms with Gasteiger partial charge < -0.3 is 5.11 Å². The SMILES string of the molecule is CC(=O)c1cc(C(=O)O)cc(C(=O)I)c1. The monoisotopic (exact) mass is 318 g/mol. The van der Waals surface area contributed by atoms with Gasteiger partial charge in [-0.3, -0.25) is 9.59 Å². The maximum atomic E-state index is 11.1. The third-order valence-corrected chi connectivity index (χ3v) is 2.44. The molecule has 0 aliphatic carbocycles. The van der Waals surface area contributed by atoms with Gasteiger partial charge in [-0.2, -0.15) is 0 Å². The zero-order valence-corrected chi connectivity index (χ0v) is 9.94. The highest BCUT2D eigenvalue weighted by atomic mass is 127. The van der Waals surface area contributed by atoms with E-state index in [0.29, 0.717) is 0 Å². The standard InChI is InChI=1S/C10H7IO4/c1-5(12)6-2-7(9(11)13)4-8(3-6)10(14)15/h2-4H,1H3,(H,14,15). The van der Waals surface area contributed by atoms with E-state index in [9.17, 15) is 14.4 Å². The number of hydrogen-bond acceptors (Lipinski definition) is 3. The van der Waals surface area contributed by atoms with Gasteiger partial charge in [-0.25, -0.2) is 4.79 Å². The van der Waals surface area contributed by atoms with E-state index in [-0.39, 0.29) is 26.3 Å². The lowest BCUT2D eigenvalue weighted by Crippen LogP contribution is -2.03. The van der Waals surface area contributed by atoms with Crippen LogP contribution in [-0.2, 0) is 0 Å². The molecule has 78 valence electrons. The second-order valence-corrected chi connectivity index (χ2v) is 3.91. The average Bonchev–Trinajstić information content (AvgIpc) is 2.16. The van der Waals surface area contributed by atoms with Crippen LogP contribution in [0.5, 0.6) is 0 Å². The Kier molecular flexibility index (Phi) is 3.57. The molecular weight excluding hydrogens is 311 g/mol. The molecule has 0 aliphatic rings. The van der Waals surface area contributed by atoms with Crippen LogP contribution in [0.3, 0.4) is 0 Å². The average molecular weight is 318 g/mol. The number of ketones is 1. The number of aromatic carboxylic acids is 1. The van der Waals surface area contributed by atoms with Crippen molar-refractivity contribution in [2.45, 2.75) is 6.92 Å². The third-order valence-electron chi connectivity index (χ3n) is 1.81. The Morgan fingerprint density at radius 3 is 1.93 bits per heavy atom. The zero-order chi connectivity index (χ0) is 11.6. The van der Waals surface area contributed by atoms with Crippen molar-refractivity contribution < 1.29 is 19.5 Å². The quantitative estimate of drug-likeness (QED) is 0.527. The van der Waals surface area contributed by atoms with Crippen molar-refractivity contribution in [3.05, 3.63) is 34.9 Å². The van der Waals surface area contributed by atoms with E-state index in [2.05, 4.69) is 0 Å². The molecule has 0 unspecified atom stereocenters. The Morgan fingerprint density at radius 1 is 1.07 bits per heavy atom. The van der Waals surface area contributed by atoms with Crippen LogP contribution >= 0.6 is 22.6 Å². The summed E-state index contributed by atoms with van der Waals surface area (Å²) in [7, 11) is 0. The normalized spacial score (nSPS) is 9.73. The summed E-state index contributed by atoms with van der Waals surface area (Å²) in [5.74, 6) is -1.42. The van der Waals surface area contributed by atoms with Gasteiger partial charge in [-0.1, -0.05) is 0 Å². The molecule has 4 nitrogen and oxygen atoms in total. The number of carbonyl (C=O) groups excluding carboxylic acids is 2. The highest BCUT2D eigenvalue weighted by Gasteiger charge is 2.12. The molecule has 0 saturated heterocycles. The van der Waals surface area contributed by atoms with Crippen LogP contribution < -0.4 is 0 Å². The number of halogens is 1. The van der Waals surface area contributed by atoms with Gasteiger partial charge in [0, 0.05) is 33.7 Å². The number of Topliss-reactive ketones (excluding diaryl/α,β-unsaturated/α-hetero) is 1. The first-order valence-corrected chi connectivity index (χ1v) is 5.09. The Hall–Kier alpha value is -1.24. The maximum Gasteiger partial charge on any atom is 0.335 e. The summed E-state index contributed by atoms with van der Waals surface area (Å²) < 4.78 is -0.293. The molecule has 0 aromatic heterocycles. The molecular formula is C10H7IO4. The van der Waals surface area contributed by atoms with Crippen LogP contribution in [0.25, 0.3) is 0 Å². The minimum atomic E-state index is -1.16. The Labute approximate surface area is 99.4 Å². The molecule has 0 amide bonds. The molecule has 0 heterocycles. The highest BCUT2D eigenvalue weighted by molar-refractivity contribution is 14.1. The van der Waals surface area contributed by atoms with Gasteiger partial charge in [-0.15, -0.1) is 0 Å². The van der Waals surface area contributed by atoms with Crippen molar-refractivity contribution in [3.63, 3.8) is 0 Å². The summed E-state index contributed by atoms with van der Waals surface area (Å²) in [5.41, 5.74) is 0.401. The predicted molar refractivity (Wildman–Crippen MR) is 61.8 cm³/mol. The molecule has 0 spiro atoms. The molecule has 0 radical (unpaired) electrons. The smallest absolute Gasteiger partial charge is 0.335 e. The van der Waals surface area contributed by atoms with Gasteiger partial charge in [0.2, 0.25) is 3.79 Å². The number of hydrogen-bond donors (Lipinski definition) is 1. The van der Waals surface area contributed by atoms with Crippen molar-refractivity contribution in [1.29, 1.82) is 0 Å². The van der Waals surface area contributed by atoms with Crippen molar-refractivity contribution >= 4 is 38.1 Å². The van der Waals surface area contributed by atoms with E-state index in [4.69, 9.17) is 5.11 Å². The van der Waals surface area contributed by atoms with Gasteiger partial charge >= 0.3 is 5.97 Å². The van der Waals surface area contributed by atoms with E-state index in [0.717, 1.165) is 0 Å². The first-order valence-electron chi connectivity index (χ1n) is 4.01. The van der Waals surface area contributed by atoms with Crippen molar-refractivity contribution in [2.75, 3.05) is 0 Å². The third kappa shape index (κ3) is 2.85. The fourth-order valence-electron chi connectivity index (χ4n) is 1.07. The van der Waals surface area contributed by atoms with Crippen LogP contribution in [-0.4, -0.2) is 20.6 Å². The fraction of sp³-hybridized carbons (Fsp3) is 0.100. The number of carboxylic acids is 1. The molecule has 0 saturated carbocycles. The fourth-order valence-corrected chi connectivity index (χ4v) is 1.38. The van der Waals surface area contributed by atoms with Crippen LogP contribution in [0.1, 0.15) is 38.0 Å². The molecule has 1 aromatic carbocycles. The van der Waals surface area contributed by atoms with E-state index in [1.54, 1.807) is 22.6 Å². The minimum Gasteiger partial charge on any atom is -0.478 e. The van der Waals surface area contributed by atoms with Gasteiger partial charge in [0.05, 0.1) is 5.56 Å². The Bertz CT molecular complexity index is 372. The van der Waals surface area contributed by atoms with Crippen LogP contribution in [0, 0.1) is 0 Å². The van der Waals surface area contributed by atoms with E-state index in [1.807, 2.05) is 0 Å². The van der Waals surface area contributed by atoms with Crippen molar-refractivity contribution in [3.8, 4) is 0 Å². The number of benzene rings is 1. The topological polar surface area (TPSA) is 71.4 Å². The van der Waals surface area contributed by atoms with Gasteiger partial charge in [0.25, 0.3) is 0 Å². The summed E-state index contributed by atoms with van der Waals surface area (Å²) in [6.45, 7) is 1.32. The van der Waals surface area contributed by atoms with Crippen LogP contribution in [0.4, 0.5) is 0 Å². The number of rotatable bonds is 3. The second-order valence-electron chi connectivity index (χ2n) is 2.93. The lowest BCUT2D eigenvalue weighted by Gasteiger charge is -2.01. The number of carboxylic acid groups (broad SMARTS) is 1. The number of carbonyl (C=O) groups is 3. The molecule has 1 rings (SSSR count). The Balaban J connectivity index is 3.39. The van der Waals surface area contributed by atoms with Gasteiger partial charge in [0.1, 0.15) is 0 Å². The summed E-state index contributed by atoms with van der Waals surface area (Å²) >= 11 is 1.55. The van der Waals surface area contributed by atoms with E-state index >= 15 is 0 Å². The molecule has 1 N–H and O–H groups in total. The maximum absolute atomic E-state index is 11.1. The summed E-state index contributed by atoms with van der Waals surface area (Å²) in [4.78, 5) is 32.9. The van der Waals surface area contributed by atoms with Gasteiger partial charge in [-0.05, 0) is 25.1 Å². The summed E-state index contributed by atoms with van der Waals surface area (Å²) in [6.07, 6.45) is 0.